The number of piperidine rings is 1. The SMILES string of the molecule is COC(=O)C12CC1CCCN2C(=O)OC(C)(C)C. The molecule has 1 saturated carbocycles. The maximum atomic E-state index is 12.2. The fraction of sp³-hybridized carbons (Fsp3) is 0.846. The maximum Gasteiger partial charge on any atom is 0.411 e. The summed E-state index contributed by atoms with van der Waals surface area (Å²) in [6.07, 6.45) is 2.20. The number of hydrogen-bond donors (Lipinski definition) is 0. The van der Waals surface area contributed by atoms with Gasteiger partial charge in [0.05, 0.1) is 7.11 Å². The third-order valence-corrected chi connectivity index (χ3v) is 3.64. The highest BCUT2D eigenvalue weighted by molar-refractivity contribution is 5.90. The second kappa shape index (κ2) is 4.14. The molecule has 0 bridgehead atoms. The van der Waals surface area contributed by atoms with Crippen molar-refractivity contribution in [1.29, 1.82) is 0 Å². The van der Waals surface area contributed by atoms with Crippen molar-refractivity contribution in [2.75, 3.05) is 13.7 Å². The number of ether oxygens (including phenoxy) is 2. The van der Waals surface area contributed by atoms with E-state index in [1.54, 1.807) is 4.90 Å². The average Bonchev–Trinajstić information content (AvgIpc) is 3.00. The lowest BCUT2D eigenvalue weighted by molar-refractivity contribution is -0.150. The highest BCUT2D eigenvalue weighted by Crippen LogP contribution is 2.55. The fourth-order valence-corrected chi connectivity index (χ4v) is 2.79. The number of methoxy groups -OCH3 is 1. The summed E-state index contributed by atoms with van der Waals surface area (Å²) in [6, 6.07) is 0. The van der Waals surface area contributed by atoms with Crippen molar-refractivity contribution in [3.8, 4) is 0 Å². The van der Waals surface area contributed by atoms with Crippen LogP contribution >= 0.6 is 0 Å². The number of hydrogen-bond acceptors (Lipinski definition) is 4. The number of carbonyl (C=O) groups excluding carboxylic acids is 2. The van der Waals surface area contributed by atoms with E-state index in [9.17, 15) is 9.59 Å². The van der Waals surface area contributed by atoms with Crippen LogP contribution in [-0.4, -0.2) is 41.8 Å². The molecule has 0 N–H and O–H groups in total. The number of amides is 1. The van der Waals surface area contributed by atoms with Gasteiger partial charge in [0.15, 0.2) is 0 Å². The van der Waals surface area contributed by atoms with Crippen LogP contribution < -0.4 is 0 Å². The Morgan fingerprint density at radius 3 is 2.56 bits per heavy atom. The van der Waals surface area contributed by atoms with E-state index in [4.69, 9.17) is 9.47 Å². The molecule has 102 valence electrons. The van der Waals surface area contributed by atoms with E-state index < -0.39 is 17.2 Å². The molecule has 0 spiro atoms. The molecule has 0 radical (unpaired) electrons. The molecule has 5 heteroatoms. The summed E-state index contributed by atoms with van der Waals surface area (Å²) >= 11 is 0. The second-order valence-corrected chi connectivity index (χ2v) is 6.09. The van der Waals surface area contributed by atoms with Gasteiger partial charge in [-0.2, -0.15) is 0 Å². The molecular formula is C13H21NO4. The lowest BCUT2D eigenvalue weighted by Gasteiger charge is -2.35. The molecule has 1 saturated heterocycles. The number of rotatable bonds is 1. The van der Waals surface area contributed by atoms with E-state index in [0.717, 1.165) is 12.8 Å². The van der Waals surface area contributed by atoms with Crippen molar-refractivity contribution in [2.24, 2.45) is 5.92 Å². The molecule has 18 heavy (non-hydrogen) atoms. The van der Waals surface area contributed by atoms with Crippen LogP contribution in [0.2, 0.25) is 0 Å². The average molecular weight is 255 g/mol. The predicted octanol–water partition coefficient (Wildman–Crippen LogP) is 1.95. The summed E-state index contributed by atoms with van der Waals surface area (Å²) in [6.45, 7) is 6.04. The van der Waals surface area contributed by atoms with Crippen molar-refractivity contribution < 1.29 is 19.1 Å². The Morgan fingerprint density at radius 2 is 2.00 bits per heavy atom. The zero-order valence-electron chi connectivity index (χ0n) is 11.5. The van der Waals surface area contributed by atoms with E-state index in [2.05, 4.69) is 0 Å². The number of fused-ring (bicyclic) bond motifs is 1. The molecule has 5 nitrogen and oxygen atoms in total. The van der Waals surface area contributed by atoms with Crippen molar-refractivity contribution in [2.45, 2.75) is 51.2 Å². The van der Waals surface area contributed by atoms with Crippen LogP contribution in [-0.2, 0) is 14.3 Å². The van der Waals surface area contributed by atoms with E-state index in [-0.39, 0.29) is 11.9 Å². The largest absolute Gasteiger partial charge is 0.467 e. The van der Waals surface area contributed by atoms with Crippen LogP contribution in [0.4, 0.5) is 4.79 Å². The van der Waals surface area contributed by atoms with E-state index in [0.29, 0.717) is 13.0 Å². The molecule has 0 aromatic rings. The topological polar surface area (TPSA) is 55.8 Å². The van der Waals surface area contributed by atoms with Crippen LogP contribution in [0.1, 0.15) is 40.0 Å². The number of nitrogens with zero attached hydrogens (tertiary/aromatic N) is 1. The Kier molecular flexibility index (Phi) is 3.03. The predicted molar refractivity (Wildman–Crippen MR) is 65.0 cm³/mol. The Balaban J connectivity index is 2.16. The van der Waals surface area contributed by atoms with Gasteiger partial charge in [-0.1, -0.05) is 0 Å². The van der Waals surface area contributed by atoms with Gasteiger partial charge in [0.2, 0.25) is 0 Å². The highest BCUT2D eigenvalue weighted by Gasteiger charge is 2.67. The summed E-state index contributed by atoms with van der Waals surface area (Å²) in [5.41, 5.74) is -1.29. The fourth-order valence-electron chi connectivity index (χ4n) is 2.79. The first kappa shape index (κ1) is 13.2. The Bertz CT molecular complexity index is 374. The molecule has 0 aromatic carbocycles. The quantitative estimate of drug-likeness (QED) is 0.672. The van der Waals surface area contributed by atoms with Crippen LogP contribution in [0.3, 0.4) is 0 Å². The maximum absolute atomic E-state index is 12.2. The normalized spacial score (nSPS) is 30.4. The zero-order valence-corrected chi connectivity index (χ0v) is 11.5. The third-order valence-electron chi connectivity index (χ3n) is 3.64. The van der Waals surface area contributed by atoms with E-state index in [1.165, 1.54) is 7.11 Å². The lowest BCUT2D eigenvalue weighted by atomic mass is 10.0. The van der Waals surface area contributed by atoms with Gasteiger partial charge in [0.1, 0.15) is 11.1 Å². The summed E-state index contributed by atoms with van der Waals surface area (Å²) in [4.78, 5) is 25.7. The number of likely N-dealkylation sites (tertiary alicyclic amines) is 1. The van der Waals surface area contributed by atoms with Gasteiger partial charge in [-0.05, 0) is 46.0 Å². The summed E-state index contributed by atoms with van der Waals surface area (Å²) in [7, 11) is 1.37. The minimum absolute atomic E-state index is 0.242. The minimum Gasteiger partial charge on any atom is -0.467 e. The highest BCUT2D eigenvalue weighted by atomic mass is 16.6. The van der Waals surface area contributed by atoms with Crippen LogP contribution in [0, 0.1) is 5.92 Å². The molecule has 1 amide bonds. The first-order valence-corrected chi connectivity index (χ1v) is 6.40. The van der Waals surface area contributed by atoms with E-state index in [1.807, 2.05) is 20.8 Å². The molecule has 1 aliphatic heterocycles. The van der Waals surface area contributed by atoms with E-state index >= 15 is 0 Å². The first-order chi connectivity index (χ1) is 8.31. The van der Waals surface area contributed by atoms with Crippen molar-refractivity contribution in [1.82, 2.24) is 4.90 Å². The van der Waals surface area contributed by atoms with Gasteiger partial charge in [-0.15, -0.1) is 0 Å². The molecule has 2 atom stereocenters. The summed E-state index contributed by atoms with van der Waals surface area (Å²) in [5, 5.41) is 0. The summed E-state index contributed by atoms with van der Waals surface area (Å²) < 4.78 is 10.2. The monoisotopic (exact) mass is 255 g/mol. The Labute approximate surface area is 107 Å². The van der Waals surface area contributed by atoms with Gasteiger partial charge in [-0.3, -0.25) is 4.90 Å². The zero-order chi connectivity index (χ0) is 13.6. The lowest BCUT2D eigenvalue weighted by Crippen LogP contribution is -2.53. The summed E-state index contributed by atoms with van der Waals surface area (Å²) in [5.74, 6) is -0.0655. The van der Waals surface area contributed by atoms with Gasteiger partial charge in [0, 0.05) is 6.54 Å². The van der Waals surface area contributed by atoms with Gasteiger partial charge in [-0.25, -0.2) is 9.59 Å². The third kappa shape index (κ3) is 2.06. The van der Waals surface area contributed by atoms with Crippen molar-refractivity contribution in [3.63, 3.8) is 0 Å². The van der Waals surface area contributed by atoms with Crippen molar-refractivity contribution >= 4 is 12.1 Å². The van der Waals surface area contributed by atoms with Crippen LogP contribution in [0.25, 0.3) is 0 Å². The van der Waals surface area contributed by atoms with Crippen molar-refractivity contribution in [3.05, 3.63) is 0 Å². The van der Waals surface area contributed by atoms with Crippen LogP contribution in [0.5, 0.6) is 0 Å². The van der Waals surface area contributed by atoms with Gasteiger partial charge >= 0.3 is 12.1 Å². The van der Waals surface area contributed by atoms with Gasteiger partial charge in [0.25, 0.3) is 0 Å². The molecule has 2 aliphatic rings. The molecular weight excluding hydrogens is 234 g/mol. The number of esters is 1. The molecule has 1 aliphatic carbocycles. The molecule has 1 heterocycles. The smallest absolute Gasteiger partial charge is 0.411 e. The van der Waals surface area contributed by atoms with Crippen LogP contribution in [0.15, 0.2) is 0 Å². The standard InChI is InChI=1S/C13H21NO4/c1-12(2,3)18-11(16)14-7-5-6-9-8-13(9,14)10(15)17-4/h9H,5-8H2,1-4H3. The minimum atomic E-state index is -0.741. The molecule has 2 unspecified atom stereocenters. The Morgan fingerprint density at radius 1 is 1.33 bits per heavy atom. The van der Waals surface area contributed by atoms with Gasteiger partial charge < -0.3 is 9.47 Å². The second-order valence-electron chi connectivity index (χ2n) is 6.09. The molecule has 2 fully saturated rings. The molecule has 0 aromatic heterocycles. The molecule has 2 rings (SSSR count). The Hall–Kier alpha value is -1.26. The number of carbonyl (C=O) groups is 2. The first-order valence-electron chi connectivity index (χ1n) is 6.40.